The van der Waals surface area contributed by atoms with E-state index < -0.39 is 0 Å². The predicted octanol–water partition coefficient (Wildman–Crippen LogP) is 2.67. The summed E-state index contributed by atoms with van der Waals surface area (Å²) in [5.74, 6) is 2.13. The minimum Gasteiger partial charge on any atom is -0.493 e. The van der Waals surface area contributed by atoms with Gasteiger partial charge in [-0.05, 0) is 25.1 Å². The molecular weight excluding hydrogens is 206 g/mol. The van der Waals surface area contributed by atoms with Gasteiger partial charge in [0.1, 0.15) is 0 Å². The van der Waals surface area contributed by atoms with Gasteiger partial charge in [0.15, 0.2) is 23.7 Å². The Labute approximate surface area is 93.8 Å². The van der Waals surface area contributed by atoms with E-state index >= 15 is 0 Å². The Morgan fingerprint density at radius 3 is 2.44 bits per heavy atom. The van der Waals surface area contributed by atoms with Gasteiger partial charge in [0.2, 0.25) is 0 Å². The van der Waals surface area contributed by atoms with E-state index in [1.165, 1.54) is 6.39 Å². The monoisotopic (exact) mass is 219 g/mol. The molecule has 0 unspecified atom stereocenters. The summed E-state index contributed by atoms with van der Waals surface area (Å²) in [5, 5.41) is 0. The fraction of sp³-hybridized carbons (Fsp3) is 0.250. The highest BCUT2D eigenvalue weighted by molar-refractivity contribution is 5.64. The Morgan fingerprint density at radius 2 is 1.88 bits per heavy atom. The van der Waals surface area contributed by atoms with Gasteiger partial charge in [-0.3, -0.25) is 0 Å². The lowest BCUT2D eigenvalue weighted by atomic mass is 10.1. The Morgan fingerprint density at radius 1 is 1.12 bits per heavy atom. The Bertz CT molecular complexity index is 491. The summed E-state index contributed by atoms with van der Waals surface area (Å²) in [5.41, 5.74) is 1.78. The molecule has 0 spiro atoms. The van der Waals surface area contributed by atoms with Crippen LogP contribution in [0.3, 0.4) is 0 Å². The normalized spacial score (nSPS) is 10.2. The lowest BCUT2D eigenvalue weighted by Gasteiger charge is -2.08. The molecule has 1 aromatic carbocycles. The van der Waals surface area contributed by atoms with Crippen molar-refractivity contribution in [1.82, 2.24) is 4.98 Å². The molecule has 0 bridgehead atoms. The van der Waals surface area contributed by atoms with Crippen molar-refractivity contribution in [3.8, 4) is 22.8 Å². The first-order valence-electron chi connectivity index (χ1n) is 4.88. The summed E-state index contributed by atoms with van der Waals surface area (Å²) >= 11 is 0. The fourth-order valence-electron chi connectivity index (χ4n) is 1.56. The third-order valence-corrected chi connectivity index (χ3v) is 2.39. The van der Waals surface area contributed by atoms with Crippen molar-refractivity contribution in [2.75, 3.05) is 14.2 Å². The van der Waals surface area contributed by atoms with E-state index in [1.54, 1.807) is 14.2 Å². The number of benzene rings is 1. The van der Waals surface area contributed by atoms with E-state index in [2.05, 4.69) is 4.98 Å². The van der Waals surface area contributed by atoms with Crippen LogP contribution in [-0.2, 0) is 0 Å². The molecule has 4 nitrogen and oxygen atoms in total. The number of rotatable bonds is 3. The van der Waals surface area contributed by atoms with Crippen molar-refractivity contribution in [3.05, 3.63) is 30.3 Å². The molecule has 2 aromatic rings. The van der Waals surface area contributed by atoms with Gasteiger partial charge in [0, 0.05) is 5.56 Å². The summed E-state index contributed by atoms with van der Waals surface area (Å²) in [7, 11) is 3.21. The second-order valence-corrected chi connectivity index (χ2v) is 3.34. The van der Waals surface area contributed by atoms with Crippen LogP contribution in [0.1, 0.15) is 5.69 Å². The molecular formula is C12H13NO3. The molecule has 0 aliphatic carbocycles. The van der Waals surface area contributed by atoms with Crippen LogP contribution in [0.2, 0.25) is 0 Å². The zero-order chi connectivity index (χ0) is 11.5. The van der Waals surface area contributed by atoms with Crippen LogP contribution in [-0.4, -0.2) is 19.2 Å². The van der Waals surface area contributed by atoms with Crippen LogP contribution < -0.4 is 9.47 Å². The molecule has 0 amide bonds. The van der Waals surface area contributed by atoms with Gasteiger partial charge in [-0.1, -0.05) is 0 Å². The Balaban J connectivity index is 2.48. The molecule has 4 heteroatoms. The molecule has 0 N–H and O–H groups in total. The second-order valence-electron chi connectivity index (χ2n) is 3.34. The zero-order valence-electron chi connectivity index (χ0n) is 9.48. The van der Waals surface area contributed by atoms with Crippen LogP contribution in [0.4, 0.5) is 0 Å². The summed E-state index contributed by atoms with van der Waals surface area (Å²) in [6.07, 6.45) is 1.43. The number of methoxy groups -OCH3 is 2. The van der Waals surface area contributed by atoms with Gasteiger partial charge in [-0.15, -0.1) is 0 Å². The highest BCUT2D eigenvalue weighted by Gasteiger charge is 2.10. The van der Waals surface area contributed by atoms with E-state index in [-0.39, 0.29) is 0 Å². The van der Waals surface area contributed by atoms with Crippen molar-refractivity contribution < 1.29 is 13.9 Å². The second kappa shape index (κ2) is 4.26. The van der Waals surface area contributed by atoms with Gasteiger partial charge < -0.3 is 13.9 Å². The van der Waals surface area contributed by atoms with E-state index in [1.807, 2.05) is 25.1 Å². The highest BCUT2D eigenvalue weighted by atomic mass is 16.5. The molecule has 0 saturated heterocycles. The van der Waals surface area contributed by atoms with Gasteiger partial charge in [-0.2, -0.15) is 0 Å². The average Bonchev–Trinajstić information content (AvgIpc) is 2.74. The van der Waals surface area contributed by atoms with Gasteiger partial charge in [0.25, 0.3) is 0 Å². The largest absolute Gasteiger partial charge is 0.493 e. The Kier molecular flexibility index (Phi) is 2.81. The maximum atomic E-state index is 5.32. The van der Waals surface area contributed by atoms with Gasteiger partial charge in [-0.25, -0.2) is 4.98 Å². The molecule has 16 heavy (non-hydrogen) atoms. The molecule has 0 saturated carbocycles. The summed E-state index contributed by atoms with van der Waals surface area (Å²) in [6.45, 7) is 1.90. The number of hydrogen-bond acceptors (Lipinski definition) is 4. The minimum absolute atomic E-state index is 0.677. The maximum absolute atomic E-state index is 5.32. The van der Waals surface area contributed by atoms with Crippen LogP contribution in [0.25, 0.3) is 11.3 Å². The predicted molar refractivity (Wildman–Crippen MR) is 59.8 cm³/mol. The van der Waals surface area contributed by atoms with E-state index in [9.17, 15) is 0 Å². The maximum Gasteiger partial charge on any atom is 0.181 e. The molecule has 2 rings (SSSR count). The zero-order valence-corrected chi connectivity index (χ0v) is 9.48. The highest BCUT2D eigenvalue weighted by Crippen LogP contribution is 2.33. The Hall–Kier alpha value is -1.97. The van der Waals surface area contributed by atoms with Crippen molar-refractivity contribution in [2.24, 2.45) is 0 Å². The first-order valence-corrected chi connectivity index (χ1v) is 4.88. The van der Waals surface area contributed by atoms with E-state index in [0.717, 1.165) is 17.0 Å². The smallest absolute Gasteiger partial charge is 0.181 e. The van der Waals surface area contributed by atoms with Crippen LogP contribution >= 0.6 is 0 Å². The topological polar surface area (TPSA) is 44.5 Å². The first-order chi connectivity index (χ1) is 7.76. The van der Waals surface area contributed by atoms with Crippen molar-refractivity contribution >= 4 is 0 Å². The minimum atomic E-state index is 0.677. The molecule has 0 atom stereocenters. The molecule has 84 valence electrons. The number of oxazole rings is 1. The number of hydrogen-bond donors (Lipinski definition) is 0. The summed E-state index contributed by atoms with van der Waals surface area (Å²) in [6, 6.07) is 5.62. The van der Waals surface area contributed by atoms with E-state index in [0.29, 0.717) is 11.5 Å². The lowest BCUT2D eigenvalue weighted by Crippen LogP contribution is -1.90. The summed E-state index contributed by atoms with van der Waals surface area (Å²) in [4.78, 5) is 4.05. The molecule has 1 heterocycles. The molecule has 0 radical (unpaired) electrons. The third-order valence-electron chi connectivity index (χ3n) is 2.39. The number of nitrogens with zero attached hydrogens (tertiary/aromatic N) is 1. The fourth-order valence-corrected chi connectivity index (χ4v) is 1.56. The summed E-state index contributed by atoms with van der Waals surface area (Å²) < 4.78 is 15.7. The molecule has 0 aliphatic heterocycles. The molecule has 1 aromatic heterocycles. The lowest BCUT2D eigenvalue weighted by molar-refractivity contribution is 0.355. The standard InChI is InChI=1S/C12H13NO3/c1-8-12(16-7-13-8)9-4-5-10(14-2)11(6-9)15-3/h4-7H,1-3H3. The third kappa shape index (κ3) is 1.74. The number of ether oxygens (including phenoxy) is 2. The van der Waals surface area contributed by atoms with Gasteiger partial charge in [0.05, 0.1) is 19.9 Å². The van der Waals surface area contributed by atoms with Crippen LogP contribution in [0, 0.1) is 6.92 Å². The first kappa shape index (κ1) is 10.5. The molecule has 0 aliphatic rings. The van der Waals surface area contributed by atoms with Crippen molar-refractivity contribution in [2.45, 2.75) is 6.92 Å². The van der Waals surface area contributed by atoms with Gasteiger partial charge >= 0.3 is 0 Å². The quantitative estimate of drug-likeness (QED) is 0.796. The number of aryl methyl sites for hydroxylation is 1. The van der Waals surface area contributed by atoms with E-state index in [4.69, 9.17) is 13.9 Å². The number of aromatic nitrogens is 1. The van der Waals surface area contributed by atoms with Crippen LogP contribution in [0.5, 0.6) is 11.5 Å². The SMILES string of the molecule is COc1ccc(-c2ocnc2C)cc1OC. The van der Waals surface area contributed by atoms with Crippen LogP contribution in [0.15, 0.2) is 29.0 Å². The molecule has 0 fully saturated rings. The van der Waals surface area contributed by atoms with Crippen molar-refractivity contribution in [3.63, 3.8) is 0 Å². The van der Waals surface area contributed by atoms with Crippen molar-refractivity contribution in [1.29, 1.82) is 0 Å². The average molecular weight is 219 g/mol.